The molecule has 3 heterocycles. The van der Waals surface area contributed by atoms with Gasteiger partial charge in [0.2, 0.25) is 0 Å². The lowest BCUT2D eigenvalue weighted by molar-refractivity contribution is -0.274. The Morgan fingerprint density at radius 1 is 1.00 bits per heavy atom. The molecule has 1 amide bonds. The quantitative estimate of drug-likeness (QED) is 0.458. The maximum Gasteiger partial charge on any atom is 0.573 e. The highest BCUT2D eigenvalue weighted by Crippen LogP contribution is 2.30. The van der Waals surface area contributed by atoms with Gasteiger partial charge in [-0.15, -0.1) is 13.2 Å². The number of halogens is 3. The van der Waals surface area contributed by atoms with Crippen LogP contribution >= 0.6 is 0 Å². The molecule has 202 valence electrons. The van der Waals surface area contributed by atoms with Crippen molar-refractivity contribution in [2.45, 2.75) is 39.5 Å². The van der Waals surface area contributed by atoms with Crippen molar-refractivity contribution in [2.24, 2.45) is 0 Å². The Morgan fingerprint density at radius 3 is 2.38 bits per heavy atom. The van der Waals surface area contributed by atoms with Gasteiger partial charge in [-0.2, -0.15) is 5.26 Å². The van der Waals surface area contributed by atoms with Crippen LogP contribution < -0.4 is 4.74 Å². The van der Waals surface area contributed by atoms with E-state index in [4.69, 9.17) is 5.26 Å². The van der Waals surface area contributed by atoms with Gasteiger partial charge in [0.1, 0.15) is 11.8 Å². The van der Waals surface area contributed by atoms with E-state index in [1.807, 2.05) is 30.0 Å². The van der Waals surface area contributed by atoms with Crippen molar-refractivity contribution in [1.29, 1.82) is 5.26 Å². The van der Waals surface area contributed by atoms with Gasteiger partial charge >= 0.3 is 6.36 Å². The minimum atomic E-state index is -4.71. The average Bonchev–Trinajstić information content (AvgIpc) is 3.32. The second-order valence-electron chi connectivity index (χ2n) is 9.99. The monoisotopic (exact) mass is 535 g/mol. The molecule has 1 saturated heterocycles. The lowest BCUT2D eigenvalue weighted by Crippen LogP contribution is -2.48. The van der Waals surface area contributed by atoms with Crippen LogP contribution in [0.4, 0.5) is 13.2 Å². The van der Waals surface area contributed by atoms with Crippen LogP contribution in [0.15, 0.2) is 54.7 Å². The number of carbonyl (C=O) groups excluding carboxylic acids is 1. The minimum absolute atomic E-state index is 0.0238. The van der Waals surface area contributed by atoms with E-state index < -0.39 is 6.36 Å². The number of benzene rings is 2. The molecule has 39 heavy (non-hydrogen) atoms. The van der Waals surface area contributed by atoms with Crippen LogP contribution in [0.1, 0.15) is 43.9 Å². The molecule has 0 radical (unpaired) electrons. The van der Waals surface area contributed by atoms with Gasteiger partial charge in [-0.25, -0.2) is 0 Å². The van der Waals surface area contributed by atoms with Crippen molar-refractivity contribution in [3.8, 4) is 11.8 Å². The highest BCUT2D eigenvalue weighted by Gasteiger charge is 2.31. The van der Waals surface area contributed by atoms with Crippen molar-refractivity contribution >= 4 is 5.91 Å². The molecule has 0 N–H and O–H groups in total. The van der Waals surface area contributed by atoms with E-state index in [2.05, 4.69) is 25.6 Å². The molecule has 0 saturated carbocycles. The fraction of sp³-hybridized carbons (Fsp3) is 0.345. The highest BCUT2D eigenvalue weighted by atomic mass is 19.4. The first-order valence-electron chi connectivity index (χ1n) is 12.7. The van der Waals surface area contributed by atoms with Crippen LogP contribution in [0.25, 0.3) is 0 Å². The van der Waals surface area contributed by atoms with Gasteiger partial charge in [-0.1, -0.05) is 12.1 Å². The molecule has 1 fully saturated rings. The van der Waals surface area contributed by atoms with Crippen molar-refractivity contribution in [3.63, 3.8) is 0 Å². The first-order valence-corrected chi connectivity index (χ1v) is 12.7. The van der Waals surface area contributed by atoms with E-state index in [-0.39, 0.29) is 11.7 Å². The van der Waals surface area contributed by atoms with Crippen molar-refractivity contribution < 1.29 is 22.7 Å². The molecular weight excluding hydrogens is 507 g/mol. The smallest absolute Gasteiger partial charge is 0.406 e. The molecule has 2 aliphatic rings. The molecule has 7 nitrogen and oxygen atoms in total. The Labute approximate surface area is 225 Å². The Balaban J connectivity index is 1.17. The summed E-state index contributed by atoms with van der Waals surface area (Å²) in [6.45, 7) is 7.43. The number of nitriles is 1. The lowest BCUT2D eigenvalue weighted by atomic mass is 10.00. The Morgan fingerprint density at radius 2 is 1.74 bits per heavy atom. The zero-order chi connectivity index (χ0) is 27.6. The zero-order valence-corrected chi connectivity index (χ0v) is 21.5. The summed E-state index contributed by atoms with van der Waals surface area (Å²) in [5, 5.41) is 8.93. The lowest BCUT2D eigenvalue weighted by Gasteiger charge is -2.34. The summed E-state index contributed by atoms with van der Waals surface area (Å²) >= 11 is 0. The third-order valence-corrected chi connectivity index (χ3v) is 7.15. The molecule has 1 aromatic heterocycles. The average molecular weight is 536 g/mol. The number of aryl methyl sites for hydroxylation is 1. The van der Waals surface area contributed by atoms with Crippen LogP contribution in [0, 0.1) is 18.3 Å². The number of rotatable bonds is 6. The molecule has 3 aromatic rings. The predicted molar refractivity (Wildman–Crippen MR) is 137 cm³/mol. The van der Waals surface area contributed by atoms with Gasteiger partial charge in [-0.05, 0) is 65.6 Å². The number of aromatic nitrogens is 1. The summed E-state index contributed by atoms with van der Waals surface area (Å²) in [6.07, 6.45) is -3.13. The first-order chi connectivity index (χ1) is 18.7. The molecule has 10 heteroatoms. The number of fused-ring (bicyclic) bond motifs is 1. The van der Waals surface area contributed by atoms with Crippen LogP contribution in [-0.2, 0) is 26.2 Å². The fourth-order valence-electron chi connectivity index (χ4n) is 5.17. The topological polar surface area (TPSA) is 72.7 Å². The van der Waals surface area contributed by atoms with E-state index in [9.17, 15) is 18.0 Å². The van der Waals surface area contributed by atoms with Gasteiger partial charge in [0, 0.05) is 64.1 Å². The van der Waals surface area contributed by atoms with Crippen LogP contribution in [-0.4, -0.2) is 58.1 Å². The fourth-order valence-corrected chi connectivity index (χ4v) is 5.17. The third-order valence-electron chi connectivity index (χ3n) is 7.15. The number of hydrogen-bond donors (Lipinski definition) is 0. The molecule has 0 aliphatic carbocycles. The maximum absolute atomic E-state index is 13.3. The van der Waals surface area contributed by atoms with E-state index in [0.29, 0.717) is 43.9 Å². The van der Waals surface area contributed by atoms with Crippen molar-refractivity contribution in [3.05, 3.63) is 93.8 Å². The van der Waals surface area contributed by atoms with Gasteiger partial charge in [0.05, 0.1) is 11.3 Å². The molecular formula is C29H28F3N5O2. The van der Waals surface area contributed by atoms with Gasteiger partial charge in [0.15, 0.2) is 0 Å². The van der Waals surface area contributed by atoms with E-state index in [1.54, 1.807) is 24.4 Å². The van der Waals surface area contributed by atoms with Crippen LogP contribution in [0.5, 0.6) is 5.75 Å². The largest absolute Gasteiger partial charge is 0.573 e. The van der Waals surface area contributed by atoms with Crippen LogP contribution in [0.2, 0.25) is 0 Å². The molecule has 0 spiro atoms. The number of alkyl halides is 3. The van der Waals surface area contributed by atoms with Gasteiger partial charge in [-0.3, -0.25) is 19.6 Å². The van der Waals surface area contributed by atoms with E-state index in [1.165, 1.54) is 17.7 Å². The summed E-state index contributed by atoms with van der Waals surface area (Å²) in [7, 11) is 0. The van der Waals surface area contributed by atoms with E-state index >= 15 is 0 Å². The summed E-state index contributed by atoms with van der Waals surface area (Å²) in [6, 6.07) is 15.6. The molecule has 2 aliphatic heterocycles. The predicted octanol–water partition coefficient (Wildman–Crippen LogP) is 4.63. The Kier molecular flexibility index (Phi) is 7.55. The number of hydrogen-bond acceptors (Lipinski definition) is 6. The summed E-state index contributed by atoms with van der Waals surface area (Å²) in [4.78, 5) is 24.0. The number of pyridine rings is 1. The number of amides is 1. The van der Waals surface area contributed by atoms with Crippen LogP contribution in [0.3, 0.4) is 0 Å². The van der Waals surface area contributed by atoms with Gasteiger partial charge in [0.25, 0.3) is 5.91 Å². The van der Waals surface area contributed by atoms with E-state index in [0.717, 1.165) is 42.0 Å². The van der Waals surface area contributed by atoms with Crippen molar-refractivity contribution in [2.75, 3.05) is 26.2 Å². The molecule has 0 unspecified atom stereocenters. The Hall–Kier alpha value is -3.94. The molecule has 5 rings (SSSR count). The molecule has 0 bridgehead atoms. The first kappa shape index (κ1) is 26.7. The second kappa shape index (κ2) is 11.0. The summed E-state index contributed by atoms with van der Waals surface area (Å²) in [5.41, 5.74) is 6.39. The third kappa shape index (κ3) is 6.56. The summed E-state index contributed by atoms with van der Waals surface area (Å²) in [5.74, 6) is -0.211. The highest BCUT2D eigenvalue weighted by molar-refractivity contribution is 5.95. The Bertz CT molecular complexity index is 1380. The summed E-state index contributed by atoms with van der Waals surface area (Å²) < 4.78 is 41.2. The number of carbonyl (C=O) groups is 1. The standard InChI is InChI=1S/C29H28F3N5O2/c1-20-12-23(28(38)37-10-8-35(9-11-37)18-25-5-2-22(14-33)15-34-25)13-24-17-36(19-27(20)24)16-21-3-6-26(7-4-21)39-29(30,31)32/h2-7,12-13,15H,8-11,16-19H2,1H3. The van der Waals surface area contributed by atoms with Crippen molar-refractivity contribution in [1.82, 2.24) is 19.7 Å². The SMILES string of the molecule is Cc1cc(C(=O)N2CCN(Cc3ccc(C#N)cn3)CC2)cc2c1CN(Cc1ccc(OC(F)(F)F)cc1)C2. The maximum atomic E-state index is 13.3. The molecule has 2 aromatic carbocycles. The minimum Gasteiger partial charge on any atom is -0.406 e. The normalized spacial score (nSPS) is 16.1. The molecule has 0 atom stereocenters. The number of nitrogens with zero attached hydrogens (tertiary/aromatic N) is 5. The zero-order valence-electron chi connectivity index (χ0n) is 21.5. The number of ether oxygens (including phenoxy) is 1. The van der Waals surface area contributed by atoms with Gasteiger partial charge < -0.3 is 9.64 Å². The second-order valence-corrected chi connectivity index (χ2v) is 9.99. The number of piperazine rings is 1.